The highest BCUT2D eigenvalue weighted by Gasteiger charge is 2.52. The number of imide groups is 1. The van der Waals surface area contributed by atoms with Crippen LogP contribution >= 0.6 is 0 Å². The Morgan fingerprint density at radius 2 is 1.86 bits per heavy atom. The van der Waals surface area contributed by atoms with Crippen molar-refractivity contribution in [2.75, 3.05) is 0 Å². The van der Waals surface area contributed by atoms with Gasteiger partial charge in [-0.1, -0.05) is 19.1 Å². The molecular weight excluding hydrogens is 370 g/mol. The number of hydrogen-bond acceptors (Lipinski definition) is 4. The van der Waals surface area contributed by atoms with E-state index in [1.165, 1.54) is 11.1 Å². The third-order valence-electron chi connectivity index (χ3n) is 6.53. The number of Topliss-reactive ketones (excluding diaryl/α,β-unsaturated/α-hetero) is 1. The molecule has 0 atom stereocenters. The molecule has 0 bridgehead atoms. The second-order valence-electron chi connectivity index (χ2n) is 8.63. The molecule has 4 amide bonds. The van der Waals surface area contributed by atoms with Gasteiger partial charge in [0.05, 0.1) is 0 Å². The molecule has 1 aromatic carbocycles. The molecule has 1 saturated heterocycles. The first-order valence-electron chi connectivity index (χ1n) is 10.5. The number of carbonyl (C=O) groups excluding carboxylic acids is 4. The lowest BCUT2D eigenvalue weighted by atomic mass is 9.77. The molecule has 0 radical (unpaired) electrons. The van der Waals surface area contributed by atoms with Crippen molar-refractivity contribution in [1.82, 2.24) is 15.8 Å². The van der Waals surface area contributed by atoms with Crippen LogP contribution in [-0.4, -0.2) is 34.2 Å². The number of carbonyl (C=O) groups is 4. The summed E-state index contributed by atoms with van der Waals surface area (Å²) in [5, 5.41) is 3.56. The standard InChI is InChI=1S/C22H27N3O4/c1-14-9-11-22(12-10-14)20(28)25(21(29)23-22)24-19(27)8-7-18(26)17-6-5-15-3-2-4-16(15)13-17/h5-6,13-14H,2-4,7-12H2,1H3,(H,23,29)(H,24,27). The quantitative estimate of drug-likeness (QED) is 0.590. The predicted octanol–water partition coefficient (Wildman–Crippen LogP) is 2.67. The van der Waals surface area contributed by atoms with Crippen LogP contribution in [0.4, 0.5) is 4.79 Å². The van der Waals surface area contributed by atoms with Crippen LogP contribution in [0.2, 0.25) is 0 Å². The first kappa shape index (κ1) is 19.6. The zero-order valence-corrected chi connectivity index (χ0v) is 16.8. The molecule has 154 valence electrons. The SMILES string of the molecule is CC1CCC2(CC1)NC(=O)N(NC(=O)CCC(=O)c1ccc3c(c1)CCC3)C2=O. The van der Waals surface area contributed by atoms with Crippen molar-refractivity contribution in [2.24, 2.45) is 5.92 Å². The molecule has 2 fully saturated rings. The Balaban J connectivity index is 1.32. The molecule has 2 N–H and O–H groups in total. The van der Waals surface area contributed by atoms with Gasteiger partial charge in [-0.3, -0.25) is 19.8 Å². The molecule has 7 nitrogen and oxygen atoms in total. The summed E-state index contributed by atoms with van der Waals surface area (Å²) in [6.07, 6.45) is 6.02. The summed E-state index contributed by atoms with van der Waals surface area (Å²) in [6, 6.07) is 5.14. The highest BCUT2D eigenvalue weighted by atomic mass is 16.2. The van der Waals surface area contributed by atoms with E-state index in [0.29, 0.717) is 24.3 Å². The maximum Gasteiger partial charge on any atom is 0.344 e. The fraction of sp³-hybridized carbons (Fsp3) is 0.545. The second-order valence-corrected chi connectivity index (χ2v) is 8.63. The van der Waals surface area contributed by atoms with Crippen molar-refractivity contribution in [3.05, 3.63) is 34.9 Å². The second kappa shape index (κ2) is 7.61. The van der Waals surface area contributed by atoms with E-state index in [-0.39, 0.29) is 18.6 Å². The molecule has 1 saturated carbocycles. The fourth-order valence-corrected chi connectivity index (χ4v) is 4.61. The Morgan fingerprint density at radius 1 is 1.14 bits per heavy atom. The minimum Gasteiger partial charge on any atom is -0.322 e. The van der Waals surface area contributed by atoms with E-state index in [0.717, 1.165) is 37.1 Å². The normalized spacial score (nSPS) is 25.8. The van der Waals surface area contributed by atoms with Crippen LogP contribution in [0.3, 0.4) is 0 Å². The third-order valence-corrected chi connectivity index (χ3v) is 6.53. The van der Waals surface area contributed by atoms with Gasteiger partial charge in [0, 0.05) is 18.4 Å². The maximum absolute atomic E-state index is 12.8. The zero-order valence-electron chi connectivity index (χ0n) is 16.8. The lowest BCUT2D eigenvalue weighted by Crippen LogP contribution is -2.51. The number of nitrogens with one attached hydrogen (secondary N) is 2. The van der Waals surface area contributed by atoms with Gasteiger partial charge in [0.15, 0.2) is 5.78 Å². The lowest BCUT2D eigenvalue weighted by molar-refractivity contribution is -0.140. The van der Waals surface area contributed by atoms with Crippen LogP contribution in [0.15, 0.2) is 18.2 Å². The molecule has 1 aliphatic heterocycles. The Bertz CT molecular complexity index is 871. The summed E-state index contributed by atoms with van der Waals surface area (Å²) < 4.78 is 0. The van der Waals surface area contributed by atoms with Crippen molar-refractivity contribution in [2.45, 2.75) is 70.3 Å². The molecule has 2 aliphatic carbocycles. The van der Waals surface area contributed by atoms with Crippen molar-refractivity contribution < 1.29 is 19.2 Å². The number of hydrazine groups is 1. The smallest absolute Gasteiger partial charge is 0.322 e. The third kappa shape index (κ3) is 3.78. The van der Waals surface area contributed by atoms with Gasteiger partial charge in [0.25, 0.3) is 5.91 Å². The molecule has 0 unspecified atom stereocenters. The number of aryl methyl sites for hydroxylation is 2. The number of benzene rings is 1. The molecule has 29 heavy (non-hydrogen) atoms. The Morgan fingerprint density at radius 3 is 2.62 bits per heavy atom. The molecule has 4 rings (SSSR count). The molecule has 1 heterocycles. The maximum atomic E-state index is 12.8. The topological polar surface area (TPSA) is 95.6 Å². The number of urea groups is 1. The summed E-state index contributed by atoms with van der Waals surface area (Å²) in [7, 11) is 0. The zero-order chi connectivity index (χ0) is 20.6. The molecule has 7 heteroatoms. The highest BCUT2D eigenvalue weighted by molar-refractivity contribution is 6.08. The van der Waals surface area contributed by atoms with Gasteiger partial charge < -0.3 is 5.32 Å². The van der Waals surface area contributed by atoms with Crippen LogP contribution in [0.25, 0.3) is 0 Å². The monoisotopic (exact) mass is 397 g/mol. The van der Waals surface area contributed by atoms with Gasteiger partial charge in [-0.15, -0.1) is 0 Å². The van der Waals surface area contributed by atoms with Crippen molar-refractivity contribution >= 4 is 23.6 Å². The molecular formula is C22H27N3O4. The van der Waals surface area contributed by atoms with E-state index >= 15 is 0 Å². The molecule has 1 aromatic rings. The van der Waals surface area contributed by atoms with E-state index in [9.17, 15) is 19.2 Å². The van der Waals surface area contributed by atoms with Gasteiger partial charge >= 0.3 is 6.03 Å². The minimum atomic E-state index is -0.892. The molecule has 1 spiro atoms. The predicted molar refractivity (Wildman–Crippen MR) is 106 cm³/mol. The van der Waals surface area contributed by atoms with Crippen molar-refractivity contribution in [3.8, 4) is 0 Å². The van der Waals surface area contributed by atoms with Crippen molar-refractivity contribution in [1.29, 1.82) is 0 Å². The largest absolute Gasteiger partial charge is 0.344 e. The van der Waals surface area contributed by atoms with Crippen LogP contribution < -0.4 is 10.7 Å². The Kier molecular flexibility index (Phi) is 5.15. The van der Waals surface area contributed by atoms with Crippen LogP contribution in [0, 0.1) is 5.92 Å². The Labute approximate surface area is 170 Å². The van der Waals surface area contributed by atoms with E-state index in [4.69, 9.17) is 0 Å². The summed E-state index contributed by atoms with van der Waals surface area (Å²) >= 11 is 0. The summed E-state index contributed by atoms with van der Waals surface area (Å²) in [5.41, 5.74) is 4.62. The first-order valence-corrected chi connectivity index (χ1v) is 10.5. The number of ketones is 1. The van der Waals surface area contributed by atoms with Crippen LogP contribution in [0.1, 0.15) is 73.4 Å². The first-order chi connectivity index (χ1) is 13.9. The van der Waals surface area contributed by atoms with E-state index in [1.807, 2.05) is 18.2 Å². The average Bonchev–Trinajstić information content (AvgIpc) is 3.26. The Hall–Kier alpha value is -2.70. The number of amides is 4. The van der Waals surface area contributed by atoms with Gasteiger partial charge in [-0.2, -0.15) is 5.01 Å². The summed E-state index contributed by atoms with van der Waals surface area (Å²) in [5.74, 6) is -0.485. The van der Waals surface area contributed by atoms with Gasteiger partial charge in [0.1, 0.15) is 5.54 Å². The minimum absolute atomic E-state index is 0.0386. The lowest BCUT2D eigenvalue weighted by Gasteiger charge is -2.33. The molecule has 3 aliphatic rings. The van der Waals surface area contributed by atoms with Crippen molar-refractivity contribution in [3.63, 3.8) is 0 Å². The van der Waals surface area contributed by atoms with Crippen LogP contribution in [0.5, 0.6) is 0 Å². The summed E-state index contributed by atoms with van der Waals surface area (Å²) in [6.45, 7) is 2.13. The van der Waals surface area contributed by atoms with E-state index < -0.39 is 23.4 Å². The summed E-state index contributed by atoms with van der Waals surface area (Å²) in [4.78, 5) is 49.8. The number of nitrogens with zero attached hydrogens (tertiary/aromatic N) is 1. The molecule has 0 aromatic heterocycles. The van der Waals surface area contributed by atoms with Crippen LogP contribution in [-0.2, 0) is 22.4 Å². The fourth-order valence-electron chi connectivity index (χ4n) is 4.61. The number of hydrogen-bond donors (Lipinski definition) is 2. The highest BCUT2D eigenvalue weighted by Crippen LogP contribution is 2.35. The number of rotatable bonds is 5. The average molecular weight is 397 g/mol. The van der Waals surface area contributed by atoms with Gasteiger partial charge in [0.2, 0.25) is 5.91 Å². The van der Waals surface area contributed by atoms with Gasteiger partial charge in [-0.25, -0.2) is 4.79 Å². The number of fused-ring (bicyclic) bond motifs is 1. The van der Waals surface area contributed by atoms with E-state index in [2.05, 4.69) is 17.7 Å². The van der Waals surface area contributed by atoms with Gasteiger partial charge in [-0.05, 0) is 68.1 Å². The van der Waals surface area contributed by atoms with E-state index in [1.54, 1.807) is 0 Å².